The van der Waals surface area contributed by atoms with Gasteiger partial charge in [0.15, 0.2) is 0 Å². The fourth-order valence-corrected chi connectivity index (χ4v) is 2.07. The van der Waals surface area contributed by atoms with Gasteiger partial charge in [-0.3, -0.25) is 4.84 Å². The molecule has 0 aromatic carbocycles. The summed E-state index contributed by atoms with van der Waals surface area (Å²) < 4.78 is 1.26. The summed E-state index contributed by atoms with van der Waals surface area (Å²) in [5.74, 6) is -0.347. The lowest BCUT2D eigenvalue weighted by Crippen LogP contribution is -2.50. The van der Waals surface area contributed by atoms with Crippen LogP contribution in [0.15, 0.2) is 22.7 Å². The van der Waals surface area contributed by atoms with E-state index in [0.29, 0.717) is 12.3 Å². The molecule has 12 heteroatoms. The summed E-state index contributed by atoms with van der Waals surface area (Å²) in [6.45, 7) is 9.57. The average molecular weight is 385 g/mol. The number of hydrogen-bond donors (Lipinski definition) is 4. The minimum atomic E-state index is -0.898. The maximum absolute atomic E-state index is 10.9. The van der Waals surface area contributed by atoms with Gasteiger partial charge < -0.3 is 25.8 Å². The first-order valence-corrected chi connectivity index (χ1v) is 8.25. The van der Waals surface area contributed by atoms with E-state index in [2.05, 4.69) is 26.1 Å². The molecule has 12 nitrogen and oxygen atoms in total. The van der Waals surface area contributed by atoms with Crippen molar-refractivity contribution in [2.45, 2.75) is 52.2 Å². The molecule has 0 saturated heterocycles. The lowest BCUT2D eigenvalue weighted by atomic mass is 9.99. The van der Waals surface area contributed by atoms with Crippen LogP contribution >= 0.6 is 0 Å². The summed E-state index contributed by atoms with van der Waals surface area (Å²) in [7, 11) is 0. The number of nitro groups is 1. The molecule has 0 spiro atoms. The second-order valence-electron chi connectivity index (χ2n) is 6.97. The van der Waals surface area contributed by atoms with Crippen molar-refractivity contribution in [3.05, 3.63) is 22.5 Å². The maximum Gasteiger partial charge on any atom is 0.434 e. The quantitative estimate of drug-likeness (QED) is 0.145. The Balaban J connectivity index is 2.58. The van der Waals surface area contributed by atoms with Crippen molar-refractivity contribution in [3.8, 4) is 0 Å². The van der Waals surface area contributed by atoms with Gasteiger partial charge in [0.2, 0.25) is 0 Å². The molecule has 4 N–H and O–H groups in total. The van der Waals surface area contributed by atoms with Gasteiger partial charge in [-0.2, -0.15) is 5.48 Å². The molecule has 1 rings (SSSR count). The first kappa shape index (κ1) is 22.5. The zero-order chi connectivity index (χ0) is 20.7. The Bertz CT molecular complexity index is 696. The molecule has 0 fully saturated rings. The third-order valence-corrected chi connectivity index (χ3v) is 4.17. The molecule has 0 aliphatic carbocycles. The SMILES string of the molecule is CC(=NO)C(C)(C)NCCONC(C)(C)C(Cn1ccnc1[N+](=O)[O-])=NO. The lowest BCUT2D eigenvalue weighted by Gasteiger charge is -2.28. The minimum Gasteiger partial charge on any atom is -0.411 e. The van der Waals surface area contributed by atoms with Gasteiger partial charge in [-0.1, -0.05) is 15.3 Å². The van der Waals surface area contributed by atoms with Crippen LogP contribution in [0.2, 0.25) is 0 Å². The summed E-state index contributed by atoms with van der Waals surface area (Å²) in [5, 5.41) is 38.7. The van der Waals surface area contributed by atoms with Crippen LogP contribution in [0.4, 0.5) is 5.95 Å². The molecule has 0 aliphatic rings. The molecule has 27 heavy (non-hydrogen) atoms. The van der Waals surface area contributed by atoms with Crippen molar-refractivity contribution in [2.24, 2.45) is 10.3 Å². The van der Waals surface area contributed by atoms with Gasteiger partial charge >= 0.3 is 5.95 Å². The summed E-state index contributed by atoms with van der Waals surface area (Å²) in [6, 6.07) is 0. The molecule has 0 atom stereocenters. The van der Waals surface area contributed by atoms with E-state index in [4.69, 9.17) is 10.0 Å². The zero-order valence-electron chi connectivity index (χ0n) is 16.1. The second-order valence-corrected chi connectivity index (χ2v) is 6.97. The number of oxime groups is 2. The number of aromatic nitrogens is 2. The van der Waals surface area contributed by atoms with Gasteiger partial charge in [0.25, 0.3) is 0 Å². The van der Waals surface area contributed by atoms with E-state index in [9.17, 15) is 15.3 Å². The normalized spacial score (nSPS) is 13.8. The Morgan fingerprint density at radius 2 is 2.00 bits per heavy atom. The van der Waals surface area contributed by atoms with Gasteiger partial charge in [0.05, 0.1) is 23.4 Å². The molecule has 152 valence electrons. The highest BCUT2D eigenvalue weighted by atomic mass is 16.6. The molecule has 0 bridgehead atoms. The highest BCUT2D eigenvalue weighted by Gasteiger charge is 2.29. The van der Waals surface area contributed by atoms with E-state index in [-0.39, 0.29) is 24.8 Å². The highest BCUT2D eigenvalue weighted by molar-refractivity contribution is 5.92. The second kappa shape index (κ2) is 9.39. The van der Waals surface area contributed by atoms with Crippen molar-refractivity contribution >= 4 is 17.4 Å². The van der Waals surface area contributed by atoms with Crippen molar-refractivity contribution in [1.29, 1.82) is 0 Å². The third kappa shape index (κ3) is 6.27. The number of nitrogens with zero attached hydrogens (tertiary/aromatic N) is 5. The first-order chi connectivity index (χ1) is 12.5. The number of hydrogen-bond acceptors (Lipinski definition) is 10. The Kier molecular flexibility index (Phi) is 7.82. The Labute approximate surface area is 157 Å². The van der Waals surface area contributed by atoms with Gasteiger partial charge in [-0.15, -0.1) is 0 Å². The number of hydroxylamine groups is 1. The summed E-state index contributed by atoms with van der Waals surface area (Å²) in [4.78, 5) is 19.4. The maximum atomic E-state index is 10.9. The molecule has 1 aromatic rings. The van der Waals surface area contributed by atoms with Gasteiger partial charge in [-0.05, 0) is 39.5 Å². The van der Waals surface area contributed by atoms with Crippen LogP contribution in [-0.2, 0) is 11.4 Å². The molecular formula is C15H27N7O5. The molecule has 0 amide bonds. The molecule has 1 aromatic heterocycles. The predicted molar refractivity (Wildman–Crippen MR) is 98.2 cm³/mol. The zero-order valence-corrected chi connectivity index (χ0v) is 16.1. The van der Waals surface area contributed by atoms with Crippen molar-refractivity contribution in [3.63, 3.8) is 0 Å². The standard InChI is InChI=1S/C15H27N7O5/c1-11(18-23)14(2,3)17-7-9-27-20-15(4,5)12(19-24)10-21-8-6-16-13(21)22(25)26/h6,8,17,20,23-24H,7,9-10H2,1-5H3. The number of rotatable bonds is 11. The Morgan fingerprint density at radius 3 is 2.56 bits per heavy atom. The largest absolute Gasteiger partial charge is 0.434 e. The smallest absolute Gasteiger partial charge is 0.411 e. The topological polar surface area (TPSA) is 159 Å². The fourth-order valence-electron chi connectivity index (χ4n) is 2.07. The molecule has 0 saturated carbocycles. The summed E-state index contributed by atoms with van der Waals surface area (Å²) in [5.41, 5.74) is 2.15. The van der Waals surface area contributed by atoms with E-state index >= 15 is 0 Å². The van der Waals surface area contributed by atoms with Crippen molar-refractivity contribution in [1.82, 2.24) is 20.3 Å². The molecule has 0 unspecified atom stereocenters. The molecule has 0 radical (unpaired) electrons. The average Bonchev–Trinajstić information content (AvgIpc) is 3.06. The van der Waals surface area contributed by atoms with Crippen LogP contribution in [0.5, 0.6) is 0 Å². The van der Waals surface area contributed by atoms with E-state index < -0.39 is 16.0 Å². The van der Waals surface area contributed by atoms with Crippen LogP contribution in [0.1, 0.15) is 34.6 Å². The van der Waals surface area contributed by atoms with Crippen LogP contribution in [0, 0.1) is 10.1 Å². The van der Waals surface area contributed by atoms with Crippen molar-refractivity contribution < 1.29 is 20.2 Å². The van der Waals surface area contributed by atoms with E-state index in [1.54, 1.807) is 20.8 Å². The lowest BCUT2D eigenvalue weighted by molar-refractivity contribution is -0.396. The monoisotopic (exact) mass is 385 g/mol. The van der Waals surface area contributed by atoms with Crippen LogP contribution in [0.3, 0.4) is 0 Å². The van der Waals surface area contributed by atoms with Gasteiger partial charge in [0.1, 0.15) is 24.7 Å². The van der Waals surface area contributed by atoms with E-state index in [1.165, 1.54) is 17.0 Å². The number of nitrogens with one attached hydrogen (secondary N) is 2. The highest BCUT2D eigenvalue weighted by Crippen LogP contribution is 2.13. The molecule has 0 aliphatic heterocycles. The van der Waals surface area contributed by atoms with Gasteiger partial charge in [-0.25, -0.2) is 4.57 Å². The van der Waals surface area contributed by atoms with Crippen LogP contribution < -0.4 is 10.8 Å². The molecular weight excluding hydrogens is 358 g/mol. The Hall–Kier alpha value is -2.57. The van der Waals surface area contributed by atoms with Crippen LogP contribution in [0.25, 0.3) is 0 Å². The van der Waals surface area contributed by atoms with E-state index in [1.807, 2.05) is 13.8 Å². The van der Waals surface area contributed by atoms with Crippen LogP contribution in [-0.4, -0.2) is 60.5 Å². The summed E-state index contributed by atoms with van der Waals surface area (Å²) in [6.07, 6.45) is 2.73. The Morgan fingerprint density at radius 1 is 1.33 bits per heavy atom. The van der Waals surface area contributed by atoms with Crippen molar-refractivity contribution in [2.75, 3.05) is 13.2 Å². The third-order valence-electron chi connectivity index (χ3n) is 4.17. The van der Waals surface area contributed by atoms with E-state index in [0.717, 1.165) is 0 Å². The number of imidazole rings is 1. The molecule has 1 heterocycles. The summed E-state index contributed by atoms with van der Waals surface area (Å²) >= 11 is 0. The first-order valence-electron chi connectivity index (χ1n) is 8.25. The predicted octanol–water partition coefficient (Wildman–Crippen LogP) is 1.14. The van der Waals surface area contributed by atoms with Gasteiger partial charge in [0, 0.05) is 6.54 Å². The minimum absolute atomic E-state index is 0.0341. The fraction of sp³-hybridized carbons (Fsp3) is 0.667.